The first-order valence-electron chi connectivity index (χ1n) is 9.07. The number of carbonyl (C=O) groups is 1. The van der Waals surface area contributed by atoms with Crippen LogP contribution in [0.3, 0.4) is 0 Å². The van der Waals surface area contributed by atoms with Crippen LogP contribution in [0, 0.1) is 0 Å². The Labute approximate surface area is 177 Å². The molecule has 1 aliphatic rings. The maximum absolute atomic E-state index is 13.2. The lowest BCUT2D eigenvalue weighted by Crippen LogP contribution is -2.48. The number of rotatable bonds is 5. The number of halogens is 5. The number of hydrogen-bond acceptors (Lipinski definition) is 3. The van der Waals surface area contributed by atoms with Crippen molar-refractivity contribution in [2.24, 2.45) is 0 Å². The molecule has 1 N–H and O–H groups in total. The van der Waals surface area contributed by atoms with E-state index in [0.717, 1.165) is 31.3 Å². The van der Waals surface area contributed by atoms with Crippen molar-refractivity contribution in [1.29, 1.82) is 0 Å². The zero-order valence-corrected chi connectivity index (χ0v) is 17.0. The number of carbonyl (C=O) groups excluding carboxylic acids is 1. The van der Waals surface area contributed by atoms with Gasteiger partial charge in [-0.15, -0.1) is 0 Å². The Bertz CT molecular complexity index is 868. The maximum atomic E-state index is 13.2. The number of alkyl halides is 3. The number of benzene rings is 2. The van der Waals surface area contributed by atoms with E-state index in [1.807, 2.05) is 29.2 Å². The van der Waals surface area contributed by atoms with Gasteiger partial charge in [0.05, 0.1) is 22.8 Å². The molecule has 3 rings (SSSR count). The molecule has 0 unspecified atom stereocenters. The summed E-state index contributed by atoms with van der Waals surface area (Å²) in [6.45, 7) is 3.55. The van der Waals surface area contributed by atoms with E-state index >= 15 is 0 Å². The van der Waals surface area contributed by atoms with Crippen LogP contribution in [0.1, 0.15) is 11.1 Å². The van der Waals surface area contributed by atoms with Gasteiger partial charge in [0.25, 0.3) is 0 Å². The highest BCUT2D eigenvalue weighted by atomic mass is 35.5. The van der Waals surface area contributed by atoms with Crippen molar-refractivity contribution >= 4 is 34.8 Å². The summed E-state index contributed by atoms with van der Waals surface area (Å²) >= 11 is 11.9. The van der Waals surface area contributed by atoms with Gasteiger partial charge in [-0.2, -0.15) is 13.2 Å². The van der Waals surface area contributed by atoms with E-state index < -0.39 is 23.3 Å². The molecular weight excluding hydrogens is 426 g/mol. The maximum Gasteiger partial charge on any atom is 0.418 e. The minimum Gasteiger partial charge on any atom is -0.323 e. The van der Waals surface area contributed by atoms with E-state index in [0.29, 0.717) is 18.1 Å². The molecule has 1 fully saturated rings. The van der Waals surface area contributed by atoms with E-state index in [4.69, 9.17) is 23.2 Å². The Balaban J connectivity index is 1.53. The molecule has 2 aromatic carbocycles. The largest absolute Gasteiger partial charge is 0.418 e. The third-order valence-electron chi connectivity index (χ3n) is 4.71. The number of anilines is 1. The number of nitrogens with zero attached hydrogens (tertiary/aromatic N) is 2. The Morgan fingerprint density at radius 1 is 1.00 bits per heavy atom. The van der Waals surface area contributed by atoms with Crippen molar-refractivity contribution in [2.45, 2.75) is 12.7 Å². The molecule has 156 valence electrons. The molecule has 0 spiro atoms. The number of nitrogens with one attached hydrogen (secondary N) is 1. The van der Waals surface area contributed by atoms with Gasteiger partial charge in [0.1, 0.15) is 0 Å². The quantitative estimate of drug-likeness (QED) is 0.719. The number of amides is 1. The van der Waals surface area contributed by atoms with Crippen LogP contribution < -0.4 is 5.32 Å². The number of hydrogen-bond donors (Lipinski definition) is 1. The summed E-state index contributed by atoms with van der Waals surface area (Å²) in [4.78, 5) is 16.5. The molecule has 0 aliphatic carbocycles. The van der Waals surface area contributed by atoms with Crippen LogP contribution >= 0.6 is 23.2 Å². The first kappa shape index (κ1) is 21.9. The fourth-order valence-electron chi connectivity index (χ4n) is 3.27. The van der Waals surface area contributed by atoms with Crippen molar-refractivity contribution < 1.29 is 18.0 Å². The van der Waals surface area contributed by atoms with Gasteiger partial charge in [-0.1, -0.05) is 41.4 Å². The highest BCUT2D eigenvalue weighted by molar-refractivity contribution is 6.34. The predicted octanol–water partition coefficient (Wildman–Crippen LogP) is 4.77. The fraction of sp³-hybridized carbons (Fsp3) is 0.350. The van der Waals surface area contributed by atoms with Gasteiger partial charge in [-0.3, -0.25) is 14.6 Å². The Morgan fingerprint density at radius 3 is 2.31 bits per heavy atom. The van der Waals surface area contributed by atoms with E-state index in [2.05, 4.69) is 10.2 Å². The Morgan fingerprint density at radius 2 is 1.66 bits per heavy atom. The lowest BCUT2D eigenvalue weighted by Gasteiger charge is -2.34. The molecule has 2 aromatic rings. The van der Waals surface area contributed by atoms with Crippen LogP contribution in [0.4, 0.5) is 18.9 Å². The molecule has 29 heavy (non-hydrogen) atoms. The van der Waals surface area contributed by atoms with Gasteiger partial charge in [-0.05, 0) is 29.8 Å². The monoisotopic (exact) mass is 445 g/mol. The van der Waals surface area contributed by atoms with E-state index in [-0.39, 0.29) is 11.6 Å². The van der Waals surface area contributed by atoms with Gasteiger partial charge < -0.3 is 5.32 Å². The van der Waals surface area contributed by atoms with Crippen LogP contribution in [0.2, 0.25) is 10.0 Å². The summed E-state index contributed by atoms with van der Waals surface area (Å²) in [6, 6.07) is 11.1. The third kappa shape index (κ3) is 6.09. The Kier molecular flexibility index (Phi) is 7.05. The topological polar surface area (TPSA) is 35.6 Å². The van der Waals surface area contributed by atoms with Crippen molar-refractivity contribution in [3.63, 3.8) is 0 Å². The van der Waals surface area contributed by atoms with Crippen LogP contribution in [0.25, 0.3) is 0 Å². The van der Waals surface area contributed by atoms with Gasteiger partial charge in [0.2, 0.25) is 5.91 Å². The second-order valence-corrected chi connectivity index (χ2v) is 7.73. The normalized spacial score (nSPS) is 16.0. The van der Waals surface area contributed by atoms with Gasteiger partial charge in [-0.25, -0.2) is 0 Å². The van der Waals surface area contributed by atoms with Crippen LogP contribution in [-0.2, 0) is 17.5 Å². The highest BCUT2D eigenvalue weighted by Crippen LogP contribution is 2.38. The average Bonchev–Trinajstić information content (AvgIpc) is 2.64. The third-order valence-corrected chi connectivity index (χ3v) is 5.26. The van der Waals surface area contributed by atoms with Gasteiger partial charge in [0, 0.05) is 37.7 Å². The second-order valence-electron chi connectivity index (χ2n) is 6.89. The smallest absolute Gasteiger partial charge is 0.323 e. The Hall–Kier alpha value is -1.80. The SMILES string of the molecule is O=C(CN1CCN(Cc2cccc(Cl)c2)CC1)Nc1c(Cl)cccc1C(F)(F)F. The van der Waals surface area contributed by atoms with Crippen LogP contribution in [0.15, 0.2) is 42.5 Å². The lowest BCUT2D eigenvalue weighted by molar-refractivity contribution is -0.137. The van der Waals surface area contributed by atoms with Crippen molar-refractivity contribution in [3.8, 4) is 0 Å². The summed E-state index contributed by atoms with van der Waals surface area (Å²) < 4.78 is 39.5. The zero-order chi connectivity index (χ0) is 21.0. The molecule has 0 atom stereocenters. The number of piperazine rings is 1. The van der Waals surface area contributed by atoms with Crippen LogP contribution in [0.5, 0.6) is 0 Å². The van der Waals surface area contributed by atoms with Gasteiger partial charge in [0.15, 0.2) is 0 Å². The predicted molar refractivity (Wildman–Crippen MR) is 108 cm³/mol. The molecule has 1 aliphatic heterocycles. The minimum absolute atomic E-state index is 0.00747. The summed E-state index contributed by atoms with van der Waals surface area (Å²) in [5.74, 6) is -0.521. The molecule has 1 amide bonds. The fourth-order valence-corrected chi connectivity index (χ4v) is 3.70. The summed E-state index contributed by atoms with van der Waals surface area (Å²) in [5, 5.41) is 2.88. The highest BCUT2D eigenvalue weighted by Gasteiger charge is 2.35. The van der Waals surface area contributed by atoms with Crippen LogP contribution in [-0.4, -0.2) is 48.4 Å². The molecule has 4 nitrogen and oxygen atoms in total. The van der Waals surface area contributed by atoms with E-state index in [1.165, 1.54) is 12.1 Å². The zero-order valence-electron chi connectivity index (χ0n) is 15.5. The van der Waals surface area contributed by atoms with Crippen molar-refractivity contribution in [2.75, 3.05) is 38.0 Å². The van der Waals surface area contributed by atoms with E-state index in [9.17, 15) is 18.0 Å². The molecular formula is C20H20Cl2F3N3O. The molecule has 9 heteroatoms. The molecule has 0 radical (unpaired) electrons. The van der Waals surface area contributed by atoms with Gasteiger partial charge >= 0.3 is 6.18 Å². The molecule has 1 heterocycles. The van der Waals surface area contributed by atoms with E-state index in [1.54, 1.807) is 0 Å². The number of para-hydroxylation sites is 1. The molecule has 0 aromatic heterocycles. The second kappa shape index (κ2) is 9.34. The first-order chi connectivity index (χ1) is 13.7. The lowest BCUT2D eigenvalue weighted by atomic mass is 10.1. The summed E-state index contributed by atoms with van der Waals surface area (Å²) in [7, 11) is 0. The minimum atomic E-state index is -4.60. The van der Waals surface area contributed by atoms with Crippen molar-refractivity contribution in [1.82, 2.24) is 9.80 Å². The first-order valence-corrected chi connectivity index (χ1v) is 9.82. The molecule has 0 saturated carbocycles. The molecule has 1 saturated heterocycles. The average molecular weight is 446 g/mol. The standard InChI is InChI=1S/C20H20Cl2F3N3O/c21-15-4-1-3-14(11-15)12-27-7-9-28(10-8-27)13-18(29)26-19-16(20(23,24)25)5-2-6-17(19)22/h1-6,11H,7-10,12-13H2,(H,26,29). The summed E-state index contributed by atoms with van der Waals surface area (Å²) in [5.41, 5.74) is -0.238. The van der Waals surface area contributed by atoms with Crippen molar-refractivity contribution in [3.05, 3.63) is 63.6 Å². The summed E-state index contributed by atoms with van der Waals surface area (Å²) in [6.07, 6.45) is -4.60. The molecule has 0 bridgehead atoms.